The van der Waals surface area contributed by atoms with Crippen molar-refractivity contribution in [1.29, 1.82) is 0 Å². The number of unbranched alkanes of at least 4 members (excludes halogenated alkanes) is 2. The minimum atomic E-state index is 0.443. The lowest BCUT2D eigenvalue weighted by Crippen LogP contribution is -2.29. The fourth-order valence-electron chi connectivity index (χ4n) is 3.47. The molecule has 0 unspecified atom stereocenters. The lowest BCUT2D eigenvalue weighted by molar-refractivity contribution is 0.339. The van der Waals surface area contributed by atoms with Crippen molar-refractivity contribution in [3.05, 3.63) is 24.3 Å². The van der Waals surface area contributed by atoms with E-state index in [-0.39, 0.29) is 0 Å². The van der Waals surface area contributed by atoms with E-state index in [1.54, 1.807) is 0 Å². The van der Waals surface area contributed by atoms with Crippen molar-refractivity contribution in [2.45, 2.75) is 64.8 Å². The molecule has 0 amide bonds. The largest absolute Gasteiger partial charge is 0.385 e. The molecule has 1 fully saturated rings. The van der Waals surface area contributed by atoms with E-state index in [9.17, 15) is 0 Å². The summed E-state index contributed by atoms with van der Waals surface area (Å²) in [5.74, 6) is 0.788. The third-order valence-electron chi connectivity index (χ3n) is 5.13. The number of nitrogens with one attached hydrogen (secondary N) is 1. The number of nitrogens with zero attached hydrogens (tertiary/aromatic N) is 1. The fourth-order valence-corrected chi connectivity index (χ4v) is 3.47. The zero-order chi connectivity index (χ0) is 16.5. The number of benzene rings is 1. The Kier molecular flexibility index (Phi) is 7.73. The molecule has 1 aromatic rings. The van der Waals surface area contributed by atoms with Crippen molar-refractivity contribution < 1.29 is 0 Å². The highest BCUT2D eigenvalue weighted by Gasteiger charge is 2.18. The zero-order valence-corrected chi connectivity index (χ0v) is 15.1. The maximum Gasteiger partial charge on any atom is 0.0367 e. The lowest BCUT2D eigenvalue weighted by atomic mass is 9.86. The van der Waals surface area contributed by atoms with Crippen LogP contribution in [0.5, 0.6) is 0 Å². The monoisotopic (exact) mass is 317 g/mol. The average Bonchev–Trinajstić information content (AvgIpc) is 2.59. The van der Waals surface area contributed by atoms with Gasteiger partial charge in [0.15, 0.2) is 0 Å². The minimum absolute atomic E-state index is 0.443. The van der Waals surface area contributed by atoms with E-state index in [1.165, 1.54) is 62.9 Å². The summed E-state index contributed by atoms with van der Waals surface area (Å²) in [5.41, 5.74) is 8.57. The molecule has 1 aromatic carbocycles. The first kappa shape index (κ1) is 18.1. The zero-order valence-electron chi connectivity index (χ0n) is 15.1. The molecule has 23 heavy (non-hydrogen) atoms. The molecular weight excluding hydrogens is 282 g/mol. The van der Waals surface area contributed by atoms with Gasteiger partial charge in [0.2, 0.25) is 0 Å². The quantitative estimate of drug-likeness (QED) is 0.652. The molecule has 0 aromatic heterocycles. The summed E-state index contributed by atoms with van der Waals surface area (Å²) >= 11 is 0. The lowest BCUT2D eigenvalue weighted by Gasteiger charge is -2.27. The summed E-state index contributed by atoms with van der Waals surface area (Å²) in [6.45, 7) is 7.83. The molecule has 0 radical (unpaired) electrons. The van der Waals surface area contributed by atoms with Gasteiger partial charge >= 0.3 is 0 Å². The van der Waals surface area contributed by atoms with Crippen LogP contribution in [-0.2, 0) is 0 Å². The number of anilines is 2. The molecule has 0 heterocycles. The Hall–Kier alpha value is -1.22. The van der Waals surface area contributed by atoms with E-state index in [0.717, 1.165) is 19.0 Å². The third kappa shape index (κ3) is 6.06. The second-order valence-corrected chi connectivity index (χ2v) is 7.00. The second kappa shape index (κ2) is 9.82. The topological polar surface area (TPSA) is 41.3 Å². The predicted molar refractivity (Wildman–Crippen MR) is 102 cm³/mol. The van der Waals surface area contributed by atoms with E-state index in [2.05, 4.69) is 48.3 Å². The smallest absolute Gasteiger partial charge is 0.0367 e. The van der Waals surface area contributed by atoms with Crippen LogP contribution in [0.4, 0.5) is 11.4 Å². The summed E-state index contributed by atoms with van der Waals surface area (Å²) in [6.07, 6.45) is 8.81. The van der Waals surface area contributed by atoms with E-state index in [1.807, 2.05) is 0 Å². The Morgan fingerprint density at radius 2 is 1.74 bits per heavy atom. The number of nitrogens with two attached hydrogens (primary N) is 1. The Balaban J connectivity index is 1.79. The summed E-state index contributed by atoms with van der Waals surface area (Å²) in [7, 11) is 0. The van der Waals surface area contributed by atoms with Gasteiger partial charge in [-0.25, -0.2) is 0 Å². The molecule has 2 rings (SSSR count). The molecule has 0 bridgehead atoms. The van der Waals surface area contributed by atoms with Crippen LogP contribution in [0, 0.1) is 5.92 Å². The van der Waals surface area contributed by atoms with Gasteiger partial charge in [-0.2, -0.15) is 0 Å². The van der Waals surface area contributed by atoms with Gasteiger partial charge in [-0.05, 0) is 69.2 Å². The van der Waals surface area contributed by atoms with Gasteiger partial charge in [-0.1, -0.05) is 19.8 Å². The minimum Gasteiger partial charge on any atom is -0.385 e. The summed E-state index contributed by atoms with van der Waals surface area (Å²) in [6, 6.07) is 9.42. The highest BCUT2D eigenvalue weighted by atomic mass is 15.1. The molecule has 0 atom stereocenters. The molecule has 1 saturated carbocycles. The first-order valence-electron chi connectivity index (χ1n) is 9.57. The predicted octanol–water partition coefficient (Wildman–Crippen LogP) is 4.63. The molecular formula is C20H35N3. The van der Waals surface area contributed by atoms with Crippen LogP contribution in [0.1, 0.15) is 58.8 Å². The fraction of sp³-hybridized carbons (Fsp3) is 0.700. The molecule has 0 spiro atoms. The molecule has 3 N–H and O–H groups in total. The number of rotatable bonds is 9. The normalized spacial score (nSPS) is 21.2. The van der Waals surface area contributed by atoms with E-state index >= 15 is 0 Å². The van der Waals surface area contributed by atoms with Gasteiger partial charge in [-0.3, -0.25) is 0 Å². The van der Waals surface area contributed by atoms with E-state index in [0.29, 0.717) is 6.04 Å². The average molecular weight is 318 g/mol. The molecule has 0 aliphatic heterocycles. The van der Waals surface area contributed by atoms with Crippen LogP contribution >= 0.6 is 0 Å². The Morgan fingerprint density at radius 3 is 2.35 bits per heavy atom. The molecule has 130 valence electrons. The van der Waals surface area contributed by atoms with Gasteiger partial charge in [-0.15, -0.1) is 0 Å². The van der Waals surface area contributed by atoms with Crippen molar-refractivity contribution in [2.75, 3.05) is 29.9 Å². The summed E-state index contributed by atoms with van der Waals surface area (Å²) < 4.78 is 0. The third-order valence-corrected chi connectivity index (χ3v) is 5.13. The van der Waals surface area contributed by atoms with E-state index < -0.39 is 0 Å². The molecule has 1 aliphatic carbocycles. The van der Waals surface area contributed by atoms with Gasteiger partial charge in [0.1, 0.15) is 0 Å². The Labute approximate surface area is 142 Å². The van der Waals surface area contributed by atoms with Crippen LogP contribution in [0.3, 0.4) is 0 Å². The van der Waals surface area contributed by atoms with Crippen molar-refractivity contribution in [3.63, 3.8) is 0 Å². The maximum absolute atomic E-state index is 5.98. The van der Waals surface area contributed by atoms with Crippen LogP contribution in [0.25, 0.3) is 0 Å². The molecule has 0 saturated heterocycles. The highest BCUT2D eigenvalue weighted by Crippen LogP contribution is 2.24. The molecule has 1 aliphatic rings. The molecule has 3 heteroatoms. The summed E-state index contributed by atoms with van der Waals surface area (Å²) in [5, 5.41) is 3.61. The number of hydrogen-bond donors (Lipinski definition) is 2. The maximum atomic E-state index is 5.98. The van der Waals surface area contributed by atoms with Crippen molar-refractivity contribution in [3.8, 4) is 0 Å². The van der Waals surface area contributed by atoms with Crippen LogP contribution < -0.4 is 16.0 Å². The van der Waals surface area contributed by atoms with Crippen molar-refractivity contribution in [2.24, 2.45) is 11.7 Å². The van der Waals surface area contributed by atoms with Crippen molar-refractivity contribution >= 4 is 11.4 Å². The first-order chi connectivity index (χ1) is 11.2. The van der Waals surface area contributed by atoms with Gasteiger partial charge < -0.3 is 16.0 Å². The van der Waals surface area contributed by atoms with Crippen LogP contribution in [0.15, 0.2) is 24.3 Å². The second-order valence-electron chi connectivity index (χ2n) is 7.00. The van der Waals surface area contributed by atoms with E-state index in [4.69, 9.17) is 5.73 Å². The summed E-state index contributed by atoms with van der Waals surface area (Å²) in [4.78, 5) is 2.47. The van der Waals surface area contributed by atoms with Crippen LogP contribution in [0.2, 0.25) is 0 Å². The Morgan fingerprint density at radius 1 is 1.04 bits per heavy atom. The molecule has 3 nitrogen and oxygen atoms in total. The van der Waals surface area contributed by atoms with Crippen LogP contribution in [-0.4, -0.2) is 25.7 Å². The Bertz CT molecular complexity index is 421. The first-order valence-corrected chi connectivity index (χ1v) is 9.57. The SMILES string of the molecule is CCCCCN(CC)c1ccc(NC[C@H]2CC[C@H](N)CC2)cc1. The van der Waals surface area contributed by atoms with Crippen molar-refractivity contribution in [1.82, 2.24) is 0 Å². The van der Waals surface area contributed by atoms with Gasteiger partial charge in [0.25, 0.3) is 0 Å². The van der Waals surface area contributed by atoms with Gasteiger partial charge in [0, 0.05) is 37.1 Å². The highest BCUT2D eigenvalue weighted by molar-refractivity contribution is 5.55. The number of hydrogen-bond acceptors (Lipinski definition) is 3. The van der Waals surface area contributed by atoms with Gasteiger partial charge in [0.05, 0.1) is 0 Å². The standard InChI is InChI=1S/C20H35N3/c1-3-5-6-15-23(4-2)20-13-11-19(12-14-20)22-16-17-7-9-18(21)10-8-17/h11-14,17-18,22H,3-10,15-16,21H2,1-2H3/t17-,18-.